The van der Waals surface area contributed by atoms with Crippen LogP contribution in [-0.4, -0.2) is 35.6 Å². The van der Waals surface area contributed by atoms with Gasteiger partial charge in [0.1, 0.15) is 6.04 Å². The molecule has 0 aliphatic carbocycles. The third kappa shape index (κ3) is 8.68. The van der Waals surface area contributed by atoms with Crippen molar-refractivity contribution in [2.24, 2.45) is 5.92 Å². The zero-order valence-corrected chi connectivity index (χ0v) is 11.1. The van der Waals surface area contributed by atoms with Gasteiger partial charge in [0.2, 0.25) is 11.8 Å². The van der Waals surface area contributed by atoms with E-state index in [1.165, 1.54) is 0 Å². The lowest BCUT2D eigenvalue weighted by Gasteiger charge is -2.15. The summed E-state index contributed by atoms with van der Waals surface area (Å²) in [4.78, 5) is 22.9. The van der Waals surface area contributed by atoms with E-state index in [1.807, 2.05) is 13.8 Å². The van der Waals surface area contributed by atoms with E-state index >= 15 is 0 Å². The Morgan fingerprint density at radius 3 is 2.24 bits per heavy atom. The molecule has 0 saturated carbocycles. The third-order valence-corrected chi connectivity index (χ3v) is 2.24. The lowest BCUT2D eigenvalue weighted by molar-refractivity contribution is -0.128. The molecule has 2 amide bonds. The van der Waals surface area contributed by atoms with Gasteiger partial charge in [-0.1, -0.05) is 13.8 Å². The lowest BCUT2D eigenvalue weighted by atomic mass is 10.2. The standard InChI is InChI=1S/C12H24N2O3/c1-8(2)7-13-12(17)10(4)14-11(16)6-5-9(3)15/h8-10,15H,5-7H2,1-4H3,(H,13,17)(H,14,16). The Morgan fingerprint density at radius 2 is 1.76 bits per heavy atom. The monoisotopic (exact) mass is 244 g/mol. The van der Waals surface area contributed by atoms with Crippen molar-refractivity contribution in [3.8, 4) is 0 Å². The van der Waals surface area contributed by atoms with Crippen LogP contribution in [0.3, 0.4) is 0 Å². The minimum Gasteiger partial charge on any atom is -0.393 e. The fourth-order valence-corrected chi connectivity index (χ4v) is 1.18. The number of amides is 2. The van der Waals surface area contributed by atoms with E-state index < -0.39 is 12.1 Å². The van der Waals surface area contributed by atoms with Gasteiger partial charge in [0, 0.05) is 13.0 Å². The molecule has 5 heteroatoms. The highest BCUT2D eigenvalue weighted by Crippen LogP contribution is 1.96. The maximum atomic E-state index is 11.5. The average molecular weight is 244 g/mol. The summed E-state index contributed by atoms with van der Waals surface area (Å²) in [6.45, 7) is 7.90. The molecule has 0 aliphatic rings. The van der Waals surface area contributed by atoms with Crippen LogP contribution >= 0.6 is 0 Å². The summed E-state index contributed by atoms with van der Waals surface area (Å²) in [5, 5.41) is 14.4. The summed E-state index contributed by atoms with van der Waals surface area (Å²) in [6.07, 6.45) is 0.150. The Hall–Kier alpha value is -1.10. The first-order valence-electron chi connectivity index (χ1n) is 6.08. The van der Waals surface area contributed by atoms with Gasteiger partial charge < -0.3 is 15.7 Å². The van der Waals surface area contributed by atoms with E-state index in [0.29, 0.717) is 18.9 Å². The minimum absolute atomic E-state index is 0.177. The Bertz CT molecular complexity index is 252. The molecule has 2 atom stereocenters. The number of hydrogen-bond acceptors (Lipinski definition) is 3. The molecule has 0 bridgehead atoms. The van der Waals surface area contributed by atoms with Gasteiger partial charge in [-0.2, -0.15) is 0 Å². The summed E-state index contributed by atoms with van der Waals surface area (Å²) in [6, 6.07) is -0.532. The van der Waals surface area contributed by atoms with Crippen molar-refractivity contribution in [3.05, 3.63) is 0 Å². The van der Waals surface area contributed by atoms with Crippen molar-refractivity contribution in [3.63, 3.8) is 0 Å². The summed E-state index contributed by atoms with van der Waals surface area (Å²) in [5.74, 6) is -0.000663. The summed E-state index contributed by atoms with van der Waals surface area (Å²) in [5.41, 5.74) is 0. The zero-order chi connectivity index (χ0) is 13.4. The number of hydrogen-bond donors (Lipinski definition) is 3. The molecule has 0 spiro atoms. The number of carbonyl (C=O) groups excluding carboxylic acids is 2. The fourth-order valence-electron chi connectivity index (χ4n) is 1.18. The predicted molar refractivity (Wildman–Crippen MR) is 66.4 cm³/mol. The molecule has 0 aromatic rings. The number of nitrogens with one attached hydrogen (secondary N) is 2. The maximum absolute atomic E-state index is 11.5. The molecule has 17 heavy (non-hydrogen) atoms. The van der Waals surface area contributed by atoms with Crippen LogP contribution in [0, 0.1) is 5.92 Å². The van der Waals surface area contributed by atoms with Crippen molar-refractivity contribution in [1.82, 2.24) is 10.6 Å². The van der Waals surface area contributed by atoms with Crippen molar-refractivity contribution < 1.29 is 14.7 Å². The van der Waals surface area contributed by atoms with Crippen LogP contribution in [0.15, 0.2) is 0 Å². The second-order valence-electron chi connectivity index (χ2n) is 4.82. The van der Waals surface area contributed by atoms with Gasteiger partial charge in [-0.3, -0.25) is 9.59 Å². The number of carbonyl (C=O) groups is 2. The number of aliphatic hydroxyl groups excluding tert-OH is 1. The molecule has 2 unspecified atom stereocenters. The topological polar surface area (TPSA) is 78.4 Å². The van der Waals surface area contributed by atoms with E-state index in [4.69, 9.17) is 5.11 Å². The van der Waals surface area contributed by atoms with E-state index in [1.54, 1.807) is 13.8 Å². The summed E-state index contributed by atoms with van der Waals surface area (Å²) < 4.78 is 0. The highest BCUT2D eigenvalue weighted by molar-refractivity contribution is 5.87. The van der Waals surface area contributed by atoms with Gasteiger partial charge in [-0.25, -0.2) is 0 Å². The number of aliphatic hydroxyl groups is 1. The highest BCUT2D eigenvalue weighted by Gasteiger charge is 2.15. The second kappa shape index (κ2) is 8.06. The molecule has 3 N–H and O–H groups in total. The molecule has 0 aromatic heterocycles. The van der Waals surface area contributed by atoms with Crippen LogP contribution in [0.25, 0.3) is 0 Å². The maximum Gasteiger partial charge on any atom is 0.242 e. The normalized spacial score (nSPS) is 14.2. The van der Waals surface area contributed by atoms with Crippen LogP contribution in [0.4, 0.5) is 0 Å². The van der Waals surface area contributed by atoms with Gasteiger partial charge in [-0.15, -0.1) is 0 Å². The van der Waals surface area contributed by atoms with Crippen molar-refractivity contribution in [1.29, 1.82) is 0 Å². The van der Waals surface area contributed by atoms with Crippen molar-refractivity contribution in [2.45, 2.75) is 52.7 Å². The third-order valence-electron chi connectivity index (χ3n) is 2.24. The Balaban J connectivity index is 3.86. The van der Waals surface area contributed by atoms with Gasteiger partial charge in [0.15, 0.2) is 0 Å². The molecular formula is C12H24N2O3. The first-order chi connectivity index (χ1) is 7.82. The quantitative estimate of drug-likeness (QED) is 0.607. The average Bonchev–Trinajstić information content (AvgIpc) is 2.22. The first kappa shape index (κ1) is 15.9. The largest absolute Gasteiger partial charge is 0.393 e. The lowest BCUT2D eigenvalue weighted by Crippen LogP contribution is -2.45. The molecule has 100 valence electrons. The molecule has 0 heterocycles. The Morgan fingerprint density at radius 1 is 1.18 bits per heavy atom. The van der Waals surface area contributed by atoms with Gasteiger partial charge in [0.25, 0.3) is 0 Å². The van der Waals surface area contributed by atoms with Crippen LogP contribution in [-0.2, 0) is 9.59 Å². The van der Waals surface area contributed by atoms with Gasteiger partial charge >= 0.3 is 0 Å². The molecule has 0 radical (unpaired) electrons. The van der Waals surface area contributed by atoms with E-state index in [-0.39, 0.29) is 18.2 Å². The minimum atomic E-state index is -0.532. The van der Waals surface area contributed by atoms with Crippen molar-refractivity contribution >= 4 is 11.8 Å². The van der Waals surface area contributed by atoms with E-state index in [2.05, 4.69) is 10.6 Å². The zero-order valence-electron chi connectivity index (χ0n) is 11.1. The molecule has 0 fully saturated rings. The van der Waals surface area contributed by atoms with E-state index in [9.17, 15) is 9.59 Å². The van der Waals surface area contributed by atoms with E-state index in [0.717, 1.165) is 0 Å². The highest BCUT2D eigenvalue weighted by atomic mass is 16.3. The Kier molecular flexibility index (Phi) is 7.54. The second-order valence-corrected chi connectivity index (χ2v) is 4.82. The molecular weight excluding hydrogens is 220 g/mol. The molecule has 5 nitrogen and oxygen atoms in total. The van der Waals surface area contributed by atoms with Gasteiger partial charge in [-0.05, 0) is 26.2 Å². The number of rotatable bonds is 7. The van der Waals surface area contributed by atoms with Gasteiger partial charge in [0.05, 0.1) is 6.10 Å². The van der Waals surface area contributed by atoms with Crippen LogP contribution in [0.5, 0.6) is 0 Å². The molecule has 0 aliphatic heterocycles. The van der Waals surface area contributed by atoms with Crippen LogP contribution in [0.1, 0.15) is 40.5 Å². The fraction of sp³-hybridized carbons (Fsp3) is 0.833. The Labute approximate surface area is 103 Å². The SMILES string of the molecule is CC(C)CNC(=O)C(C)NC(=O)CCC(C)O. The predicted octanol–water partition coefficient (Wildman–Crippen LogP) is 0.424. The molecule has 0 saturated heterocycles. The summed E-state index contributed by atoms with van der Waals surface area (Å²) in [7, 11) is 0. The van der Waals surface area contributed by atoms with Crippen LogP contribution in [0.2, 0.25) is 0 Å². The first-order valence-corrected chi connectivity index (χ1v) is 6.08. The summed E-state index contributed by atoms with van der Waals surface area (Å²) >= 11 is 0. The van der Waals surface area contributed by atoms with Crippen molar-refractivity contribution in [2.75, 3.05) is 6.54 Å². The smallest absolute Gasteiger partial charge is 0.242 e. The molecule has 0 rings (SSSR count). The van der Waals surface area contributed by atoms with Crippen LogP contribution < -0.4 is 10.6 Å². The molecule has 0 aromatic carbocycles.